The number of hydrogen-bond acceptors (Lipinski definition) is 3. The van der Waals surface area contributed by atoms with Crippen LogP contribution in [0.2, 0.25) is 5.02 Å². The minimum absolute atomic E-state index is 0.154. The van der Waals surface area contributed by atoms with E-state index in [9.17, 15) is 13.2 Å². The largest absolute Gasteiger partial charge is 0.347 e. The molecule has 0 atom stereocenters. The lowest BCUT2D eigenvalue weighted by Crippen LogP contribution is -2.45. The van der Waals surface area contributed by atoms with Gasteiger partial charge in [0, 0.05) is 26.8 Å². The van der Waals surface area contributed by atoms with Gasteiger partial charge in [0.25, 0.3) is 15.0 Å². The van der Waals surface area contributed by atoms with Crippen LogP contribution in [0.25, 0.3) is 0 Å². The zero-order chi connectivity index (χ0) is 15.1. The molecule has 1 aromatic carbocycles. The van der Waals surface area contributed by atoms with Gasteiger partial charge in [-0.2, -0.15) is 0 Å². The molecule has 0 aliphatic heterocycles. The van der Waals surface area contributed by atoms with Crippen molar-refractivity contribution in [3.05, 3.63) is 28.8 Å². The predicted octanol–water partition coefficient (Wildman–Crippen LogP) is 3.19. The molecule has 110 valence electrons. The molecule has 0 saturated heterocycles. The Balaban J connectivity index is 2.28. The van der Waals surface area contributed by atoms with E-state index in [1.54, 1.807) is 0 Å². The summed E-state index contributed by atoms with van der Waals surface area (Å²) in [6, 6.07) is 3.87. The van der Waals surface area contributed by atoms with Crippen LogP contribution in [0.3, 0.4) is 0 Å². The molecule has 2 rings (SSSR count). The maximum Gasteiger partial charge on any atom is 0.261 e. The molecule has 1 aliphatic carbocycles. The third-order valence-electron chi connectivity index (χ3n) is 3.45. The summed E-state index contributed by atoms with van der Waals surface area (Å²) in [6.07, 6.45) is 2.17. The van der Waals surface area contributed by atoms with Crippen LogP contribution in [0.4, 0.5) is 0 Å². The Morgan fingerprint density at radius 1 is 1.30 bits per heavy atom. The van der Waals surface area contributed by atoms with Crippen LogP contribution in [-0.4, -0.2) is 19.9 Å². The van der Waals surface area contributed by atoms with Gasteiger partial charge < -0.3 is 5.32 Å². The van der Waals surface area contributed by atoms with Crippen molar-refractivity contribution in [1.29, 1.82) is 0 Å². The summed E-state index contributed by atoms with van der Waals surface area (Å²) >= 11 is 5.84. The fourth-order valence-electron chi connectivity index (χ4n) is 2.11. The van der Waals surface area contributed by atoms with Crippen LogP contribution in [0, 0.1) is 5.92 Å². The van der Waals surface area contributed by atoms with Gasteiger partial charge in [-0.1, -0.05) is 11.6 Å². The first-order valence-corrected chi connectivity index (χ1v) is 8.86. The van der Waals surface area contributed by atoms with Crippen LogP contribution in [0.5, 0.6) is 0 Å². The molecule has 7 heteroatoms. The molecule has 0 radical (unpaired) electrons. The summed E-state index contributed by atoms with van der Waals surface area (Å²) in [7, 11) is 1.36. The van der Waals surface area contributed by atoms with Crippen molar-refractivity contribution in [1.82, 2.24) is 5.32 Å². The van der Waals surface area contributed by atoms with Crippen molar-refractivity contribution in [3.63, 3.8) is 0 Å². The second kappa shape index (κ2) is 5.20. The number of amides is 1. The van der Waals surface area contributed by atoms with Gasteiger partial charge in [-0.15, -0.1) is 0 Å². The van der Waals surface area contributed by atoms with Gasteiger partial charge in [0.05, 0.1) is 4.90 Å². The number of nitrogens with one attached hydrogen (secondary N) is 1. The number of benzene rings is 1. The molecule has 1 fully saturated rings. The van der Waals surface area contributed by atoms with E-state index in [-0.39, 0.29) is 26.9 Å². The summed E-state index contributed by atoms with van der Waals surface area (Å²) in [6.45, 7) is 3.90. The zero-order valence-corrected chi connectivity index (χ0v) is 13.4. The first-order valence-electron chi connectivity index (χ1n) is 6.17. The highest BCUT2D eigenvalue weighted by atomic mass is 35.7. The van der Waals surface area contributed by atoms with Crippen LogP contribution < -0.4 is 5.32 Å². The van der Waals surface area contributed by atoms with Gasteiger partial charge >= 0.3 is 0 Å². The quantitative estimate of drug-likeness (QED) is 0.859. The second-order valence-electron chi connectivity index (χ2n) is 5.56. The molecule has 1 saturated carbocycles. The standard InChI is InChI=1S/C13H15Cl2NO3S/c1-13(2,9-3-4-9)16-12(17)8-5-10(14)7-11(6-8)20(15,18)19/h5-7,9H,3-4H2,1-2H3,(H,16,17). The predicted molar refractivity (Wildman–Crippen MR) is 78.8 cm³/mol. The second-order valence-corrected chi connectivity index (χ2v) is 8.57. The molecule has 1 aliphatic rings. The van der Waals surface area contributed by atoms with Crippen molar-refractivity contribution in [2.45, 2.75) is 37.1 Å². The average Bonchev–Trinajstić information content (AvgIpc) is 3.10. The lowest BCUT2D eigenvalue weighted by atomic mass is 9.98. The van der Waals surface area contributed by atoms with E-state index in [0.29, 0.717) is 5.92 Å². The molecule has 0 aromatic heterocycles. The maximum atomic E-state index is 12.2. The van der Waals surface area contributed by atoms with E-state index in [4.69, 9.17) is 22.3 Å². The number of carbonyl (C=O) groups is 1. The Labute approximate surface area is 127 Å². The molecule has 4 nitrogen and oxygen atoms in total. The van der Waals surface area contributed by atoms with Crippen LogP contribution >= 0.6 is 22.3 Å². The Morgan fingerprint density at radius 3 is 2.40 bits per heavy atom. The van der Waals surface area contributed by atoms with Crippen molar-refractivity contribution in [3.8, 4) is 0 Å². The van der Waals surface area contributed by atoms with Crippen LogP contribution in [0.15, 0.2) is 23.1 Å². The summed E-state index contributed by atoms with van der Waals surface area (Å²) in [5.41, 5.74) is -0.134. The van der Waals surface area contributed by atoms with E-state index in [0.717, 1.165) is 12.8 Å². The molecule has 0 spiro atoms. The van der Waals surface area contributed by atoms with Crippen molar-refractivity contribution in [2.75, 3.05) is 0 Å². The maximum absolute atomic E-state index is 12.2. The van der Waals surface area contributed by atoms with E-state index in [1.807, 2.05) is 13.8 Å². The normalized spacial score (nSPS) is 16.0. The minimum Gasteiger partial charge on any atom is -0.347 e. The fraction of sp³-hybridized carbons (Fsp3) is 0.462. The Hall–Kier alpha value is -0.780. The molecular formula is C13H15Cl2NO3S. The molecule has 1 aromatic rings. The van der Waals surface area contributed by atoms with E-state index in [1.165, 1.54) is 18.2 Å². The van der Waals surface area contributed by atoms with Gasteiger partial charge in [0.1, 0.15) is 0 Å². The van der Waals surface area contributed by atoms with Crippen LogP contribution in [0.1, 0.15) is 37.0 Å². The van der Waals surface area contributed by atoms with Gasteiger partial charge in [0.15, 0.2) is 0 Å². The SMILES string of the molecule is CC(C)(NC(=O)c1cc(Cl)cc(S(=O)(=O)Cl)c1)C1CC1. The molecule has 0 unspecified atom stereocenters. The summed E-state index contributed by atoms with van der Waals surface area (Å²) in [5.74, 6) is 0.104. The van der Waals surface area contributed by atoms with Crippen molar-refractivity contribution >= 4 is 37.2 Å². The Kier molecular flexibility index (Phi) is 4.06. The van der Waals surface area contributed by atoms with Gasteiger partial charge in [-0.05, 0) is 50.8 Å². The van der Waals surface area contributed by atoms with Gasteiger partial charge in [-0.25, -0.2) is 8.42 Å². The highest BCUT2D eigenvalue weighted by Gasteiger charge is 2.38. The van der Waals surface area contributed by atoms with E-state index >= 15 is 0 Å². The highest BCUT2D eigenvalue weighted by molar-refractivity contribution is 8.13. The number of halogens is 2. The summed E-state index contributed by atoms with van der Waals surface area (Å²) in [4.78, 5) is 12.0. The molecule has 20 heavy (non-hydrogen) atoms. The monoisotopic (exact) mass is 335 g/mol. The lowest BCUT2D eigenvalue weighted by molar-refractivity contribution is 0.0903. The fourth-order valence-corrected chi connectivity index (χ4v) is 3.21. The summed E-state index contributed by atoms with van der Waals surface area (Å²) in [5, 5.41) is 3.06. The summed E-state index contributed by atoms with van der Waals surface area (Å²) < 4.78 is 22.7. The van der Waals surface area contributed by atoms with Crippen LogP contribution in [-0.2, 0) is 9.05 Å². The smallest absolute Gasteiger partial charge is 0.261 e. The third-order valence-corrected chi connectivity index (χ3v) is 5.00. The van der Waals surface area contributed by atoms with Crippen molar-refractivity contribution < 1.29 is 13.2 Å². The Morgan fingerprint density at radius 2 is 1.90 bits per heavy atom. The molecule has 0 heterocycles. The average molecular weight is 336 g/mol. The molecule has 0 bridgehead atoms. The molecule has 1 N–H and O–H groups in total. The highest BCUT2D eigenvalue weighted by Crippen LogP contribution is 2.39. The molecule has 1 amide bonds. The van der Waals surface area contributed by atoms with E-state index in [2.05, 4.69) is 5.32 Å². The topological polar surface area (TPSA) is 63.2 Å². The third kappa shape index (κ3) is 3.65. The van der Waals surface area contributed by atoms with Gasteiger partial charge in [0.2, 0.25) is 0 Å². The number of rotatable bonds is 4. The van der Waals surface area contributed by atoms with E-state index < -0.39 is 9.05 Å². The number of carbonyl (C=O) groups excluding carboxylic acids is 1. The van der Waals surface area contributed by atoms with Gasteiger partial charge in [-0.3, -0.25) is 4.79 Å². The van der Waals surface area contributed by atoms with Crippen molar-refractivity contribution in [2.24, 2.45) is 5.92 Å². The minimum atomic E-state index is -3.92. The number of hydrogen-bond donors (Lipinski definition) is 1. The Bertz CT molecular complexity index is 652. The first-order chi connectivity index (χ1) is 9.09. The lowest BCUT2D eigenvalue weighted by Gasteiger charge is -2.26. The zero-order valence-electron chi connectivity index (χ0n) is 11.1. The molecular weight excluding hydrogens is 321 g/mol. The first kappa shape index (κ1) is 15.6.